The Hall–Kier alpha value is -1.42. The van der Waals surface area contributed by atoms with Crippen molar-refractivity contribution in [3.05, 3.63) is 30.1 Å². The van der Waals surface area contributed by atoms with E-state index in [0.29, 0.717) is 31.6 Å². The van der Waals surface area contributed by atoms with Crippen LogP contribution in [0.15, 0.2) is 24.3 Å². The predicted molar refractivity (Wildman–Crippen MR) is 85.8 cm³/mol. The molecule has 0 aliphatic heterocycles. The second-order valence-corrected chi connectivity index (χ2v) is 5.30. The molecular formula is C17H27FN2O. The first kappa shape index (κ1) is 17.6. The van der Waals surface area contributed by atoms with Gasteiger partial charge in [0.15, 0.2) is 0 Å². The normalized spacial score (nSPS) is 10.6. The molecule has 0 saturated heterocycles. The lowest BCUT2D eigenvalue weighted by Gasteiger charge is -2.23. The number of hydrogen-bond acceptors (Lipinski definition) is 2. The number of hydrogen-bond donors (Lipinski definition) is 1. The summed E-state index contributed by atoms with van der Waals surface area (Å²) in [4.78, 5) is 13.9. The van der Waals surface area contributed by atoms with E-state index >= 15 is 0 Å². The van der Waals surface area contributed by atoms with Gasteiger partial charge >= 0.3 is 0 Å². The topological polar surface area (TPSA) is 46.3 Å². The lowest BCUT2D eigenvalue weighted by Crippen LogP contribution is -2.33. The molecule has 0 atom stereocenters. The van der Waals surface area contributed by atoms with E-state index in [1.807, 2.05) is 0 Å². The first-order valence-corrected chi connectivity index (χ1v) is 7.95. The molecule has 0 aromatic heterocycles. The first-order valence-electron chi connectivity index (χ1n) is 7.95. The van der Waals surface area contributed by atoms with Crippen molar-refractivity contribution in [1.29, 1.82) is 0 Å². The van der Waals surface area contributed by atoms with Gasteiger partial charge in [0.25, 0.3) is 0 Å². The maximum Gasteiger partial charge on any atom is 0.227 e. The summed E-state index contributed by atoms with van der Waals surface area (Å²) >= 11 is 0. The van der Waals surface area contributed by atoms with Crippen molar-refractivity contribution in [2.75, 3.05) is 18.0 Å². The molecule has 0 spiro atoms. The summed E-state index contributed by atoms with van der Waals surface area (Å²) < 4.78 is 13.9. The SMILES string of the molecule is CCCCCCCC(=O)N(CCCN)c1ccccc1F. The van der Waals surface area contributed by atoms with Gasteiger partial charge in [-0.1, -0.05) is 44.7 Å². The largest absolute Gasteiger partial charge is 0.330 e. The van der Waals surface area contributed by atoms with Crippen molar-refractivity contribution in [3.63, 3.8) is 0 Å². The molecule has 1 amide bonds. The van der Waals surface area contributed by atoms with Gasteiger partial charge in [-0.2, -0.15) is 0 Å². The Morgan fingerprint density at radius 3 is 2.52 bits per heavy atom. The summed E-state index contributed by atoms with van der Waals surface area (Å²) in [6.45, 7) is 3.14. The van der Waals surface area contributed by atoms with Crippen molar-refractivity contribution < 1.29 is 9.18 Å². The van der Waals surface area contributed by atoms with Crippen LogP contribution in [0.4, 0.5) is 10.1 Å². The van der Waals surface area contributed by atoms with E-state index in [0.717, 1.165) is 19.3 Å². The minimum Gasteiger partial charge on any atom is -0.330 e. The number of carbonyl (C=O) groups is 1. The van der Waals surface area contributed by atoms with Crippen LogP contribution >= 0.6 is 0 Å². The molecule has 0 bridgehead atoms. The highest BCUT2D eigenvalue weighted by Crippen LogP contribution is 2.20. The van der Waals surface area contributed by atoms with Crippen LogP contribution in [0, 0.1) is 5.82 Å². The van der Waals surface area contributed by atoms with Gasteiger partial charge in [0.2, 0.25) is 5.91 Å². The van der Waals surface area contributed by atoms with Crippen molar-refractivity contribution >= 4 is 11.6 Å². The molecule has 1 aromatic rings. The zero-order valence-electron chi connectivity index (χ0n) is 13.0. The van der Waals surface area contributed by atoms with Gasteiger partial charge in [0.05, 0.1) is 5.69 Å². The number of para-hydroxylation sites is 1. The Bertz CT molecular complexity index is 423. The number of halogens is 1. The Kier molecular flexibility index (Phi) is 8.67. The first-order chi connectivity index (χ1) is 10.2. The summed E-state index contributed by atoms with van der Waals surface area (Å²) in [6, 6.07) is 6.43. The molecule has 1 aromatic carbocycles. The van der Waals surface area contributed by atoms with Crippen molar-refractivity contribution in [1.82, 2.24) is 0 Å². The van der Waals surface area contributed by atoms with Crippen LogP contribution in [0.5, 0.6) is 0 Å². The number of amides is 1. The molecule has 0 heterocycles. The van der Waals surface area contributed by atoms with E-state index in [2.05, 4.69) is 6.92 Å². The highest BCUT2D eigenvalue weighted by molar-refractivity contribution is 5.93. The van der Waals surface area contributed by atoms with Crippen LogP contribution in [0.25, 0.3) is 0 Å². The summed E-state index contributed by atoms with van der Waals surface area (Å²) in [5.74, 6) is -0.362. The standard InChI is InChI=1S/C17H27FN2O/c1-2-3-4-5-6-12-17(21)20(14-9-13-19)16-11-8-7-10-15(16)18/h7-8,10-11H,2-6,9,12-14,19H2,1H3. The molecule has 0 aliphatic carbocycles. The Morgan fingerprint density at radius 2 is 1.86 bits per heavy atom. The van der Waals surface area contributed by atoms with Gasteiger partial charge in [0.1, 0.15) is 5.82 Å². The third-order valence-electron chi connectivity index (χ3n) is 3.52. The van der Waals surface area contributed by atoms with Gasteiger partial charge in [-0.3, -0.25) is 4.79 Å². The lowest BCUT2D eigenvalue weighted by molar-refractivity contribution is -0.118. The summed E-state index contributed by atoms with van der Waals surface area (Å²) in [7, 11) is 0. The number of carbonyl (C=O) groups excluding carboxylic acids is 1. The predicted octanol–water partition coefficient (Wildman–Crippen LogP) is 3.87. The third-order valence-corrected chi connectivity index (χ3v) is 3.52. The van der Waals surface area contributed by atoms with E-state index in [1.165, 1.54) is 18.9 Å². The number of unbranched alkanes of at least 4 members (excludes halogenated alkanes) is 4. The number of rotatable bonds is 10. The van der Waals surface area contributed by atoms with Crippen LogP contribution in [0.3, 0.4) is 0 Å². The molecule has 2 N–H and O–H groups in total. The van der Waals surface area contributed by atoms with Crippen molar-refractivity contribution in [2.24, 2.45) is 5.73 Å². The van der Waals surface area contributed by atoms with Crippen molar-refractivity contribution in [3.8, 4) is 0 Å². The van der Waals surface area contributed by atoms with E-state index in [4.69, 9.17) is 5.73 Å². The molecule has 1 rings (SSSR count). The molecule has 4 heteroatoms. The van der Waals surface area contributed by atoms with Crippen molar-refractivity contribution in [2.45, 2.75) is 51.9 Å². The van der Waals surface area contributed by atoms with Crippen LogP contribution in [0.2, 0.25) is 0 Å². The molecule has 0 unspecified atom stereocenters. The number of nitrogens with two attached hydrogens (primary N) is 1. The summed E-state index contributed by atoms with van der Waals surface area (Å²) in [5, 5.41) is 0. The van der Waals surface area contributed by atoms with Crippen LogP contribution in [-0.2, 0) is 4.79 Å². The Morgan fingerprint density at radius 1 is 1.14 bits per heavy atom. The fraction of sp³-hybridized carbons (Fsp3) is 0.588. The summed E-state index contributed by atoms with van der Waals surface area (Å²) in [6.07, 6.45) is 6.63. The molecule has 0 saturated carbocycles. The molecule has 118 valence electrons. The molecule has 0 aliphatic rings. The fourth-order valence-electron chi connectivity index (χ4n) is 2.31. The van der Waals surface area contributed by atoms with Gasteiger partial charge < -0.3 is 10.6 Å². The Labute approximate surface area is 127 Å². The number of nitrogens with zero attached hydrogens (tertiary/aromatic N) is 1. The van der Waals surface area contributed by atoms with Crippen LogP contribution in [0.1, 0.15) is 51.9 Å². The van der Waals surface area contributed by atoms with E-state index in [9.17, 15) is 9.18 Å². The monoisotopic (exact) mass is 294 g/mol. The van der Waals surface area contributed by atoms with E-state index < -0.39 is 0 Å². The average Bonchev–Trinajstić information content (AvgIpc) is 2.49. The zero-order chi connectivity index (χ0) is 15.5. The fourth-order valence-corrected chi connectivity index (χ4v) is 2.31. The molecular weight excluding hydrogens is 267 g/mol. The quantitative estimate of drug-likeness (QED) is 0.666. The number of anilines is 1. The highest BCUT2D eigenvalue weighted by Gasteiger charge is 2.17. The molecule has 0 radical (unpaired) electrons. The van der Waals surface area contributed by atoms with Gasteiger partial charge in [-0.05, 0) is 31.5 Å². The second-order valence-electron chi connectivity index (χ2n) is 5.30. The smallest absolute Gasteiger partial charge is 0.227 e. The Balaban J connectivity index is 2.60. The van der Waals surface area contributed by atoms with Crippen LogP contribution < -0.4 is 10.6 Å². The lowest BCUT2D eigenvalue weighted by atomic mass is 10.1. The van der Waals surface area contributed by atoms with E-state index in [1.54, 1.807) is 23.1 Å². The summed E-state index contributed by atoms with van der Waals surface area (Å²) in [5.41, 5.74) is 5.88. The molecule has 21 heavy (non-hydrogen) atoms. The maximum atomic E-state index is 13.9. The molecule has 3 nitrogen and oxygen atoms in total. The second kappa shape index (κ2) is 10.3. The van der Waals surface area contributed by atoms with Gasteiger partial charge in [-0.25, -0.2) is 4.39 Å². The van der Waals surface area contributed by atoms with E-state index in [-0.39, 0.29) is 11.7 Å². The van der Waals surface area contributed by atoms with Gasteiger partial charge in [-0.15, -0.1) is 0 Å². The maximum absolute atomic E-state index is 13.9. The number of benzene rings is 1. The minimum absolute atomic E-state index is 0.00921. The van der Waals surface area contributed by atoms with Crippen LogP contribution in [-0.4, -0.2) is 19.0 Å². The highest BCUT2D eigenvalue weighted by atomic mass is 19.1. The average molecular weight is 294 g/mol. The molecule has 0 fully saturated rings. The third kappa shape index (κ3) is 6.25. The minimum atomic E-state index is -0.353. The van der Waals surface area contributed by atoms with Gasteiger partial charge in [0, 0.05) is 13.0 Å². The zero-order valence-corrected chi connectivity index (χ0v) is 13.0.